The van der Waals surface area contributed by atoms with Crippen LogP contribution in [0.15, 0.2) is 30.9 Å². The van der Waals surface area contributed by atoms with E-state index in [1.165, 1.54) is 7.11 Å². The van der Waals surface area contributed by atoms with Crippen molar-refractivity contribution in [2.24, 2.45) is 0 Å². The molecule has 1 N–H and O–H groups in total. The summed E-state index contributed by atoms with van der Waals surface area (Å²) in [6.07, 6.45) is 3.17. The summed E-state index contributed by atoms with van der Waals surface area (Å²) in [4.78, 5) is 11.7. The van der Waals surface area contributed by atoms with Crippen molar-refractivity contribution in [2.75, 3.05) is 21.3 Å². The first kappa shape index (κ1) is 17.0. The highest BCUT2D eigenvalue weighted by atomic mass is 16.5. The summed E-state index contributed by atoms with van der Waals surface area (Å²) in [6.45, 7) is 4.17. The molecule has 116 valence electrons. The normalized spacial score (nSPS) is 11.6. The molecule has 0 bridgehead atoms. The van der Waals surface area contributed by atoms with Gasteiger partial charge in [-0.25, -0.2) is 0 Å². The van der Waals surface area contributed by atoms with Crippen LogP contribution < -0.4 is 14.8 Å². The molecule has 1 rings (SSSR count). The second-order valence-electron chi connectivity index (χ2n) is 4.50. The Bertz CT molecular complexity index is 473. The number of hydrogen-bond acceptors (Lipinski definition) is 5. The number of ether oxygens (including phenoxy) is 3. The highest BCUT2D eigenvalue weighted by Crippen LogP contribution is 2.24. The van der Waals surface area contributed by atoms with Gasteiger partial charge in [0.2, 0.25) is 0 Å². The Morgan fingerprint density at radius 1 is 1.33 bits per heavy atom. The fraction of sp³-hybridized carbons (Fsp3) is 0.438. The first-order chi connectivity index (χ1) is 10.2. The lowest BCUT2D eigenvalue weighted by Gasteiger charge is -2.17. The first-order valence-corrected chi connectivity index (χ1v) is 6.79. The third-order valence-corrected chi connectivity index (χ3v) is 3.18. The number of methoxy groups -OCH3 is 3. The standard InChI is InChI=1S/C16H23NO4/c1-5-6-7-14(16(18)21-4)17-11-12-8-9-13(19-2)10-15(12)20-3/h5,8-10,14,17H,1,6-7,11H2,2-4H3/t14-/m0/s1. The van der Waals surface area contributed by atoms with E-state index in [-0.39, 0.29) is 12.0 Å². The molecule has 0 radical (unpaired) electrons. The molecule has 0 aliphatic rings. The van der Waals surface area contributed by atoms with Gasteiger partial charge in [-0.1, -0.05) is 12.1 Å². The molecule has 21 heavy (non-hydrogen) atoms. The van der Waals surface area contributed by atoms with E-state index >= 15 is 0 Å². The number of hydrogen-bond donors (Lipinski definition) is 1. The van der Waals surface area contributed by atoms with Gasteiger partial charge >= 0.3 is 5.97 Å². The van der Waals surface area contributed by atoms with Gasteiger partial charge in [0.05, 0.1) is 21.3 Å². The predicted molar refractivity (Wildman–Crippen MR) is 81.6 cm³/mol. The van der Waals surface area contributed by atoms with Crippen LogP contribution in [0.4, 0.5) is 0 Å². The molecule has 0 aromatic heterocycles. The lowest BCUT2D eigenvalue weighted by molar-refractivity contribution is -0.143. The minimum Gasteiger partial charge on any atom is -0.497 e. The van der Waals surface area contributed by atoms with Crippen LogP contribution in [0.5, 0.6) is 11.5 Å². The summed E-state index contributed by atoms with van der Waals surface area (Å²) < 4.78 is 15.3. The van der Waals surface area contributed by atoms with Crippen LogP contribution in [0.1, 0.15) is 18.4 Å². The second kappa shape index (κ2) is 9.02. The average Bonchev–Trinajstić information content (AvgIpc) is 2.54. The van der Waals surface area contributed by atoms with Gasteiger partial charge in [-0.2, -0.15) is 0 Å². The lowest BCUT2D eigenvalue weighted by Crippen LogP contribution is -2.37. The zero-order valence-corrected chi connectivity index (χ0v) is 12.8. The molecule has 0 saturated carbocycles. The first-order valence-electron chi connectivity index (χ1n) is 6.79. The number of nitrogens with one attached hydrogen (secondary N) is 1. The number of carbonyl (C=O) groups excluding carboxylic acids is 1. The van der Waals surface area contributed by atoms with Crippen LogP contribution in [-0.4, -0.2) is 33.3 Å². The second-order valence-corrected chi connectivity index (χ2v) is 4.50. The van der Waals surface area contributed by atoms with E-state index in [2.05, 4.69) is 11.9 Å². The summed E-state index contributed by atoms with van der Waals surface area (Å²) in [5.41, 5.74) is 0.950. The average molecular weight is 293 g/mol. The molecule has 1 aromatic rings. The van der Waals surface area contributed by atoms with Crippen LogP contribution in [0.3, 0.4) is 0 Å². The Balaban J connectivity index is 2.74. The van der Waals surface area contributed by atoms with Crippen molar-refractivity contribution in [2.45, 2.75) is 25.4 Å². The SMILES string of the molecule is C=CCC[C@H](NCc1ccc(OC)cc1OC)C(=O)OC. The van der Waals surface area contributed by atoms with Gasteiger partial charge in [0.15, 0.2) is 0 Å². The van der Waals surface area contributed by atoms with Gasteiger partial charge < -0.3 is 19.5 Å². The summed E-state index contributed by atoms with van der Waals surface area (Å²) >= 11 is 0. The number of benzene rings is 1. The summed E-state index contributed by atoms with van der Waals surface area (Å²) in [5, 5.41) is 3.19. The highest BCUT2D eigenvalue weighted by Gasteiger charge is 2.18. The fourth-order valence-corrected chi connectivity index (χ4v) is 1.96. The zero-order valence-electron chi connectivity index (χ0n) is 12.8. The van der Waals surface area contributed by atoms with E-state index in [0.29, 0.717) is 18.7 Å². The van der Waals surface area contributed by atoms with Crippen molar-refractivity contribution in [3.63, 3.8) is 0 Å². The van der Waals surface area contributed by atoms with Crippen LogP contribution in [0, 0.1) is 0 Å². The largest absolute Gasteiger partial charge is 0.497 e. The summed E-state index contributed by atoms with van der Waals surface area (Å²) in [5.74, 6) is 1.17. The molecule has 5 nitrogen and oxygen atoms in total. The molecule has 0 aliphatic carbocycles. The lowest BCUT2D eigenvalue weighted by atomic mass is 10.1. The summed E-state index contributed by atoms with van der Waals surface area (Å²) in [6, 6.07) is 5.22. The third-order valence-electron chi connectivity index (χ3n) is 3.18. The van der Waals surface area contributed by atoms with Gasteiger partial charge in [0, 0.05) is 18.2 Å². The Kier molecular flexibility index (Phi) is 7.32. The van der Waals surface area contributed by atoms with E-state index in [1.807, 2.05) is 18.2 Å². The molecular formula is C16H23NO4. The van der Waals surface area contributed by atoms with E-state index in [4.69, 9.17) is 14.2 Å². The fourth-order valence-electron chi connectivity index (χ4n) is 1.96. The molecule has 0 unspecified atom stereocenters. The van der Waals surface area contributed by atoms with E-state index < -0.39 is 0 Å². The topological polar surface area (TPSA) is 56.8 Å². The number of rotatable bonds is 9. The van der Waals surface area contributed by atoms with Gasteiger partial charge in [0.25, 0.3) is 0 Å². The van der Waals surface area contributed by atoms with Gasteiger partial charge in [0.1, 0.15) is 17.5 Å². The van der Waals surface area contributed by atoms with Crippen molar-refractivity contribution in [1.82, 2.24) is 5.32 Å². The van der Waals surface area contributed by atoms with Gasteiger partial charge in [-0.3, -0.25) is 4.79 Å². The maximum Gasteiger partial charge on any atom is 0.322 e. The molecule has 5 heteroatoms. The summed E-state index contributed by atoms with van der Waals surface area (Å²) in [7, 11) is 4.60. The molecule has 0 spiro atoms. The number of carbonyl (C=O) groups is 1. The monoisotopic (exact) mass is 293 g/mol. The zero-order chi connectivity index (χ0) is 15.7. The number of allylic oxidation sites excluding steroid dienone is 1. The Labute approximate surface area is 125 Å². The maximum absolute atomic E-state index is 11.7. The van der Waals surface area contributed by atoms with E-state index in [9.17, 15) is 4.79 Å². The van der Waals surface area contributed by atoms with E-state index in [1.54, 1.807) is 20.3 Å². The Morgan fingerprint density at radius 2 is 2.10 bits per heavy atom. The molecule has 0 saturated heterocycles. The molecule has 0 heterocycles. The highest BCUT2D eigenvalue weighted by molar-refractivity contribution is 5.75. The minimum absolute atomic E-state index is 0.274. The van der Waals surface area contributed by atoms with Crippen LogP contribution in [-0.2, 0) is 16.1 Å². The maximum atomic E-state index is 11.7. The Morgan fingerprint density at radius 3 is 2.67 bits per heavy atom. The van der Waals surface area contributed by atoms with Crippen LogP contribution in [0.25, 0.3) is 0 Å². The Hall–Kier alpha value is -2.01. The minimum atomic E-state index is -0.361. The quantitative estimate of drug-likeness (QED) is 0.559. The van der Waals surface area contributed by atoms with Crippen molar-refractivity contribution in [3.8, 4) is 11.5 Å². The van der Waals surface area contributed by atoms with Crippen molar-refractivity contribution in [3.05, 3.63) is 36.4 Å². The number of esters is 1. The van der Waals surface area contributed by atoms with Gasteiger partial charge in [-0.15, -0.1) is 6.58 Å². The molecule has 0 aliphatic heterocycles. The molecule has 1 atom stereocenters. The molecule has 0 amide bonds. The van der Waals surface area contributed by atoms with Crippen molar-refractivity contribution >= 4 is 5.97 Å². The molecular weight excluding hydrogens is 270 g/mol. The van der Waals surface area contributed by atoms with Crippen molar-refractivity contribution < 1.29 is 19.0 Å². The third kappa shape index (κ3) is 5.11. The van der Waals surface area contributed by atoms with E-state index in [0.717, 1.165) is 17.7 Å². The van der Waals surface area contributed by atoms with Crippen LogP contribution >= 0.6 is 0 Å². The van der Waals surface area contributed by atoms with Crippen LogP contribution in [0.2, 0.25) is 0 Å². The molecule has 1 aromatic carbocycles. The van der Waals surface area contributed by atoms with Gasteiger partial charge in [-0.05, 0) is 18.9 Å². The van der Waals surface area contributed by atoms with Crippen molar-refractivity contribution in [1.29, 1.82) is 0 Å². The predicted octanol–water partition coefficient (Wildman–Crippen LogP) is 2.30. The smallest absolute Gasteiger partial charge is 0.322 e. The molecule has 0 fully saturated rings.